The van der Waals surface area contributed by atoms with Crippen LogP contribution in [-0.4, -0.2) is 59.1 Å². The topological polar surface area (TPSA) is 31.4 Å². The van der Waals surface area contributed by atoms with Crippen LogP contribution in [0.4, 0.5) is 0 Å². The van der Waals surface area contributed by atoms with E-state index in [-0.39, 0.29) is 0 Å². The molecule has 1 atom stereocenters. The number of hydrogen-bond acceptors (Lipinski definition) is 4. The predicted octanol–water partition coefficient (Wildman–Crippen LogP) is 2.65. The molecule has 0 bridgehead atoms. The van der Waals surface area contributed by atoms with Crippen molar-refractivity contribution in [3.05, 3.63) is 30.1 Å². The van der Waals surface area contributed by atoms with E-state index in [1.165, 1.54) is 70.3 Å². The summed E-state index contributed by atoms with van der Waals surface area (Å²) < 4.78 is 0. The highest BCUT2D eigenvalue weighted by atomic mass is 15.3. The Morgan fingerprint density at radius 3 is 2.62 bits per heavy atom. The summed E-state index contributed by atoms with van der Waals surface area (Å²) in [6, 6.07) is 7.66. The highest BCUT2D eigenvalue weighted by molar-refractivity contribution is 5.08. The lowest BCUT2D eigenvalue weighted by atomic mass is 9.88. The van der Waals surface area contributed by atoms with E-state index in [1.807, 2.05) is 12.3 Å². The summed E-state index contributed by atoms with van der Waals surface area (Å²) in [5, 5.41) is 4.08. The molecule has 1 aliphatic carbocycles. The van der Waals surface area contributed by atoms with Crippen molar-refractivity contribution in [3.8, 4) is 0 Å². The number of aromatic nitrogens is 1. The zero-order chi connectivity index (χ0) is 16.4. The van der Waals surface area contributed by atoms with E-state index in [0.717, 1.165) is 12.6 Å². The Balaban J connectivity index is 1.29. The van der Waals surface area contributed by atoms with Crippen LogP contribution >= 0.6 is 0 Å². The molecule has 3 aliphatic rings. The maximum atomic E-state index is 4.47. The lowest BCUT2D eigenvalue weighted by Gasteiger charge is -2.41. The van der Waals surface area contributed by atoms with Crippen LogP contribution in [0, 0.1) is 0 Å². The molecule has 1 spiro atoms. The van der Waals surface area contributed by atoms with Gasteiger partial charge >= 0.3 is 0 Å². The van der Waals surface area contributed by atoms with Crippen molar-refractivity contribution in [2.75, 3.05) is 26.7 Å². The number of hydrogen-bond donors (Lipinski definition) is 1. The fraction of sp³-hybridized carbons (Fsp3) is 0.750. The molecule has 0 amide bonds. The van der Waals surface area contributed by atoms with Crippen LogP contribution in [0.2, 0.25) is 0 Å². The number of nitrogens with one attached hydrogen (secondary N) is 1. The quantitative estimate of drug-likeness (QED) is 0.921. The molecule has 2 saturated heterocycles. The molecule has 3 heterocycles. The van der Waals surface area contributed by atoms with Crippen molar-refractivity contribution in [2.24, 2.45) is 0 Å². The van der Waals surface area contributed by atoms with Gasteiger partial charge in [0.25, 0.3) is 0 Å². The summed E-state index contributed by atoms with van der Waals surface area (Å²) in [4.78, 5) is 9.69. The molecule has 4 heteroatoms. The van der Waals surface area contributed by atoms with Crippen molar-refractivity contribution in [3.63, 3.8) is 0 Å². The summed E-state index contributed by atoms with van der Waals surface area (Å²) in [6.45, 7) is 4.67. The molecule has 4 nitrogen and oxygen atoms in total. The van der Waals surface area contributed by atoms with Gasteiger partial charge in [-0.25, -0.2) is 0 Å². The fourth-order valence-corrected chi connectivity index (χ4v) is 5.30. The largest absolute Gasteiger partial charge is 0.309 e. The maximum absolute atomic E-state index is 4.47. The molecule has 3 fully saturated rings. The fourth-order valence-electron chi connectivity index (χ4n) is 5.30. The second-order valence-electron chi connectivity index (χ2n) is 8.11. The number of likely N-dealkylation sites (N-methyl/N-ethyl adjacent to an activating group) is 1. The van der Waals surface area contributed by atoms with Crippen LogP contribution in [0.3, 0.4) is 0 Å². The van der Waals surface area contributed by atoms with Crippen LogP contribution in [0.25, 0.3) is 0 Å². The van der Waals surface area contributed by atoms with Crippen molar-refractivity contribution in [1.29, 1.82) is 0 Å². The van der Waals surface area contributed by atoms with Gasteiger partial charge in [0.05, 0.1) is 5.69 Å². The van der Waals surface area contributed by atoms with Gasteiger partial charge in [0, 0.05) is 43.5 Å². The second kappa shape index (κ2) is 7.11. The molecule has 1 aromatic heterocycles. The highest BCUT2D eigenvalue weighted by Gasteiger charge is 2.48. The van der Waals surface area contributed by atoms with Crippen LogP contribution in [0.1, 0.15) is 50.6 Å². The smallest absolute Gasteiger partial charge is 0.0543 e. The Kier molecular flexibility index (Phi) is 4.88. The first-order chi connectivity index (χ1) is 11.8. The molecule has 2 aliphatic heterocycles. The Labute approximate surface area is 146 Å². The molecule has 0 aromatic carbocycles. The molecule has 4 rings (SSSR count). The van der Waals surface area contributed by atoms with Crippen molar-refractivity contribution < 1.29 is 0 Å². The molecule has 1 unspecified atom stereocenters. The molecule has 0 radical (unpaired) electrons. The third-order valence-electron chi connectivity index (χ3n) is 6.77. The van der Waals surface area contributed by atoms with Gasteiger partial charge in [0.2, 0.25) is 0 Å². The van der Waals surface area contributed by atoms with Gasteiger partial charge in [-0.1, -0.05) is 18.9 Å². The van der Waals surface area contributed by atoms with Gasteiger partial charge in [0.15, 0.2) is 0 Å². The van der Waals surface area contributed by atoms with Crippen LogP contribution in [0.15, 0.2) is 24.4 Å². The maximum Gasteiger partial charge on any atom is 0.0543 e. The minimum absolute atomic E-state index is 0.477. The van der Waals surface area contributed by atoms with E-state index in [0.29, 0.717) is 11.6 Å². The summed E-state index contributed by atoms with van der Waals surface area (Å²) in [6.07, 6.45) is 11.5. The van der Waals surface area contributed by atoms with E-state index in [1.54, 1.807) is 0 Å². The molecule has 132 valence electrons. The predicted molar refractivity (Wildman–Crippen MR) is 97.9 cm³/mol. The van der Waals surface area contributed by atoms with Crippen LogP contribution in [-0.2, 0) is 6.54 Å². The van der Waals surface area contributed by atoms with Gasteiger partial charge in [-0.3, -0.25) is 14.8 Å². The summed E-state index contributed by atoms with van der Waals surface area (Å²) in [7, 11) is 2.35. The molecule has 1 aromatic rings. The Hall–Kier alpha value is -0.970. The molecular formula is C20H32N4. The molecule has 1 N–H and O–H groups in total. The first kappa shape index (κ1) is 16.5. The molecule has 1 saturated carbocycles. The first-order valence-electron chi connectivity index (χ1n) is 9.86. The standard InChI is InChI=1S/C20H32N4/c1-23-13-9-19(20(23)10-3-4-11-20)22-17-7-14-24(15-8-17)16-18-6-2-5-12-21-18/h2,5-6,12,17,19,22H,3-4,7-11,13-16H2,1H3. The average molecular weight is 329 g/mol. The SMILES string of the molecule is CN1CCC(NC2CCN(Cc3ccccn3)CC2)C12CCCC2. The second-order valence-corrected chi connectivity index (χ2v) is 8.11. The Morgan fingerprint density at radius 2 is 1.92 bits per heavy atom. The Morgan fingerprint density at radius 1 is 1.12 bits per heavy atom. The van der Waals surface area contributed by atoms with Crippen molar-refractivity contribution >= 4 is 0 Å². The summed E-state index contributed by atoms with van der Waals surface area (Å²) >= 11 is 0. The first-order valence-corrected chi connectivity index (χ1v) is 9.86. The third kappa shape index (κ3) is 3.24. The van der Waals surface area contributed by atoms with Gasteiger partial charge in [-0.2, -0.15) is 0 Å². The minimum Gasteiger partial charge on any atom is -0.309 e. The molecule has 24 heavy (non-hydrogen) atoms. The number of pyridine rings is 1. The van der Waals surface area contributed by atoms with Gasteiger partial charge < -0.3 is 5.32 Å². The van der Waals surface area contributed by atoms with E-state index in [2.05, 4.69) is 39.3 Å². The van der Waals surface area contributed by atoms with Gasteiger partial charge in [0.1, 0.15) is 0 Å². The monoisotopic (exact) mass is 328 g/mol. The van der Waals surface area contributed by atoms with Crippen molar-refractivity contribution in [2.45, 2.75) is 69.1 Å². The summed E-state index contributed by atoms with van der Waals surface area (Å²) in [5.74, 6) is 0. The Bertz CT molecular complexity index is 518. The van der Waals surface area contributed by atoms with E-state index >= 15 is 0 Å². The lowest BCUT2D eigenvalue weighted by Crippen LogP contribution is -2.56. The number of piperidine rings is 1. The highest BCUT2D eigenvalue weighted by Crippen LogP contribution is 2.42. The van der Waals surface area contributed by atoms with Gasteiger partial charge in [-0.15, -0.1) is 0 Å². The zero-order valence-corrected chi connectivity index (χ0v) is 15.1. The van der Waals surface area contributed by atoms with Crippen LogP contribution in [0.5, 0.6) is 0 Å². The zero-order valence-electron chi connectivity index (χ0n) is 15.1. The van der Waals surface area contributed by atoms with E-state index in [9.17, 15) is 0 Å². The third-order valence-corrected chi connectivity index (χ3v) is 6.77. The average Bonchev–Trinajstić information content (AvgIpc) is 3.22. The minimum atomic E-state index is 0.477. The normalized spacial score (nSPS) is 28.8. The van der Waals surface area contributed by atoms with Crippen LogP contribution < -0.4 is 5.32 Å². The number of nitrogens with zero attached hydrogens (tertiary/aromatic N) is 3. The van der Waals surface area contributed by atoms with Crippen molar-refractivity contribution in [1.82, 2.24) is 20.1 Å². The lowest BCUT2D eigenvalue weighted by molar-refractivity contribution is 0.127. The number of likely N-dealkylation sites (tertiary alicyclic amines) is 2. The molecular weight excluding hydrogens is 296 g/mol. The number of rotatable bonds is 4. The van der Waals surface area contributed by atoms with E-state index in [4.69, 9.17) is 0 Å². The van der Waals surface area contributed by atoms with E-state index < -0.39 is 0 Å². The van der Waals surface area contributed by atoms with Gasteiger partial charge in [-0.05, 0) is 57.8 Å². The summed E-state index contributed by atoms with van der Waals surface area (Å²) in [5.41, 5.74) is 1.68.